The maximum atomic E-state index is 4.62. The van der Waals surface area contributed by atoms with Gasteiger partial charge in [0, 0.05) is 37.1 Å². The van der Waals surface area contributed by atoms with Gasteiger partial charge in [0.05, 0.1) is 11.4 Å². The number of benzene rings is 2. The first-order valence-electron chi connectivity index (χ1n) is 11.6. The van der Waals surface area contributed by atoms with Crippen molar-refractivity contribution in [1.82, 2.24) is 14.7 Å². The molecule has 0 atom stereocenters. The molecule has 0 fully saturated rings. The highest BCUT2D eigenvalue weighted by atomic mass is 32.1. The van der Waals surface area contributed by atoms with Gasteiger partial charge in [0.25, 0.3) is 0 Å². The second-order valence-electron chi connectivity index (χ2n) is 8.85. The molecule has 1 aliphatic heterocycles. The topological polar surface area (TPSA) is 9.72 Å². The standard InChI is InChI=1S/C29H37N3S/c1-21(2)27-16-11-12-17-28(27)22(3)32(20-26-14-9-8-10-15-26)29-23(4)30(7)25(6)31(24(29)5)18-13-19-33/h8-12,14-17,21,33H,3,5-6,13,18-20H2,1-2,4,7H3. The average molecular weight is 460 g/mol. The van der Waals surface area contributed by atoms with Crippen molar-refractivity contribution in [2.24, 2.45) is 0 Å². The van der Waals surface area contributed by atoms with E-state index < -0.39 is 0 Å². The van der Waals surface area contributed by atoms with Crippen molar-refractivity contribution in [2.75, 3.05) is 19.3 Å². The molecule has 1 heterocycles. The Labute approximate surface area is 205 Å². The van der Waals surface area contributed by atoms with Crippen LogP contribution in [0.5, 0.6) is 0 Å². The molecule has 0 N–H and O–H groups in total. The van der Waals surface area contributed by atoms with Crippen LogP contribution >= 0.6 is 12.6 Å². The molecule has 174 valence electrons. The molecule has 3 nitrogen and oxygen atoms in total. The number of hydrogen-bond donors (Lipinski definition) is 1. The highest BCUT2D eigenvalue weighted by molar-refractivity contribution is 7.80. The summed E-state index contributed by atoms with van der Waals surface area (Å²) in [7, 11) is 2.07. The lowest BCUT2D eigenvalue weighted by Gasteiger charge is -2.45. The summed E-state index contributed by atoms with van der Waals surface area (Å²) in [5, 5.41) is 0. The van der Waals surface area contributed by atoms with Gasteiger partial charge in [0.2, 0.25) is 0 Å². The second-order valence-corrected chi connectivity index (χ2v) is 9.29. The first-order valence-corrected chi connectivity index (χ1v) is 12.2. The molecule has 0 bridgehead atoms. The molecule has 0 unspecified atom stereocenters. The fraction of sp³-hybridized carbons (Fsp3) is 0.310. The van der Waals surface area contributed by atoms with E-state index in [-0.39, 0.29) is 0 Å². The lowest BCUT2D eigenvalue weighted by atomic mass is 9.94. The van der Waals surface area contributed by atoms with Gasteiger partial charge in [-0.3, -0.25) is 0 Å². The van der Waals surface area contributed by atoms with Crippen LogP contribution in [0.15, 0.2) is 97.2 Å². The molecule has 4 heteroatoms. The van der Waals surface area contributed by atoms with E-state index in [1.54, 1.807) is 0 Å². The molecule has 0 saturated carbocycles. The molecule has 0 amide bonds. The SMILES string of the molecule is C=C1C(N(Cc2ccccc2)C(=C)c2ccccc2C(C)C)=C(C)N(C)C(=C)N1CCCS. The molecule has 1 aliphatic rings. The zero-order chi connectivity index (χ0) is 24.1. The van der Waals surface area contributed by atoms with Crippen molar-refractivity contribution in [2.45, 2.75) is 39.7 Å². The third-order valence-electron chi connectivity index (χ3n) is 6.36. The third-order valence-corrected chi connectivity index (χ3v) is 6.67. The van der Waals surface area contributed by atoms with E-state index in [9.17, 15) is 0 Å². The fourth-order valence-corrected chi connectivity index (χ4v) is 4.50. The van der Waals surface area contributed by atoms with Gasteiger partial charge in [-0.1, -0.05) is 88.2 Å². The van der Waals surface area contributed by atoms with E-state index in [4.69, 9.17) is 0 Å². The van der Waals surface area contributed by atoms with Gasteiger partial charge in [0.1, 0.15) is 5.82 Å². The summed E-state index contributed by atoms with van der Waals surface area (Å²) >= 11 is 4.42. The summed E-state index contributed by atoms with van der Waals surface area (Å²) in [4.78, 5) is 6.69. The Morgan fingerprint density at radius 3 is 2.30 bits per heavy atom. The molecule has 0 radical (unpaired) electrons. The number of nitrogens with zero attached hydrogens (tertiary/aromatic N) is 3. The summed E-state index contributed by atoms with van der Waals surface area (Å²) in [5.41, 5.74) is 7.83. The smallest absolute Gasteiger partial charge is 0.105 e. The molecule has 0 spiro atoms. The first-order chi connectivity index (χ1) is 15.8. The monoisotopic (exact) mass is 459 g/mol. The van der Waals surface area contributed by atoms with E-state index in [2.05, 4.69) is 129 Å². The quantitative estimate of drug-likeness (QED) is 0.402. The molecular weight excluding hydrogens is 422 g/mol. The Morgan fingerprint density at radius 1 is 1.03 bits per heavy atom. The molecule has 33 heavy (non-hydrogen) atoms. The minimum absolute atomic E-state index is 0.399. The molecular formula is C29H37N3S. The van der Waals surface area contributed by atoms with Crippen LogP contribution in [0, 0.1) is 0 Å². The van der Waals surface area contributed by atoms with E-state index in [0.717, 1.165) is 47.3 Å². The Hall–Kier alpha value is -2.85. The Bertz CT molecular complexity index is 1050. The van der Waals surface area contributed by atoms with E-state index >= 15 is 0 Å². The highest BCUT2D eigenvalue weighted by Crippen LogP contribution is 2.39. The summed E-state index contributed by atoms with van der Waals surface area (Å²) in [6.45, 7) is 21.6. The van der Waals surface area contributed by atoms with Crippen LogP contribution in [0.4, 0.5) is 0 Å². The predicted octanol–water partition coefficient (Wildman–Crippen LogP) is 7.07. The zero-order valence-corrected chi connectivity index (χ0v) is 21.4. The van der Waals surface area contributed by atoms with Crippen LogP contribution in [-0.2, 0) is 6.54 Å². The van der Waals surface area contributed by atoms with Gasteiger partial charge in [-0.05, 0) is 36.1 Å². The van der Waals surface area contributed by atoms with Crippen LogP contribution in [0.1, 0.15) is 49.8 Å². The zero-order valence-electron chi connectivity index (χ0n) is 20.5. The highest BCUT2D eigenvalue weighted by Gasteiger charge is 2.31. The van der Waals surface area contributed by atoms with Gasteiger partial charge >= 0.3 is 0 Å². The predicted molar refractivity (Wildman–Crippen MR) is 145 cm³/mol. The van der Waals surface area contributed by atoms with Gasteiger partial charge < -0.3 is 14.7 Å². The largest absolute Gasteiger partial charge is 0.334 e. The van der Waals surface area contributed by atoms with Crippen LogP contribution in [0.25, 0.3) is 5.70 Å². The molecule has 3 rings (SSSR count). The van der Waals surface area contributed by atoms with Gasteiger partial charge in [-0.25, -0.2) is 0 Å². The van der Waals surface area contributed by atoms with Crippen molar-refractivity contribution in [3.63, 3.8) is 0 Å². The van der Waals surface area contributed by atoms with Gasteiger partial charge in [-0.15, -0.1) is 0 Å². The number of thiol groups is 1. The Morgan fingerprint density at radius 2 is 1.67 bits per heavy atom. The lowest BCUT2D eigenvalue weighted by molar-refractivity contribution is 0.270. The minimum atomic E-state index is 0.399. The molecule has 2 aromatic carbocycles. The van der Waals surface area contributed by atoms with Crippen LogP contribution < -0.4 is 0 Å². The molecule has 0 saturated heterocycles. The lowest BCUT2D eigenvalue weighted by Crippen LogP contribution is -2.41. The fourth-order valence-electron chi connectivity index (χ4n) is 4.35. The van der Waals surface area contributed by atoms with Gasteiger partial charge in [0.15, 0.2) is 0 Å². The Kier molecular flexibility index (Phi) is 8.15. The second kappa shape index (κ2) is 10.8. The van der Waals surface area contributed by atoms with E-state index in [1.165, 1.54) is 16.7 Å². The summed E-state index contributed by atoms with van der Waals surface area (Å²) in [6.07, 6.45) is 0.955. The normalized spacial score (nSPS) is 14.4. The first kappa shape index (κ1) is 24.8. The maximum absolute atomic E-state index is 4.62. The average Bonchev–Trinajstić information content (AvgIpc) is 2.82. The number of allylic oxidation sites excluding steroid dienone is 1. The maximum Gasteiger partial charge on any atom is 0.105 e. The van der Waals surface area contributed by atoms with Crippen molar-refractivity contribution in [3.05, 3.63) is 114 Å². The van der Waals surface area contributed by atoms with Crippen molar-refractivity contribution in [3.8, 4) is 0 Å². The third kappa shape index (κ3) is 5.22. The summed E-state index contributed by atoms with van der Waals surface area (Å²) < 4.78 is 0. The molecule has 2 aromatic rings. The molecule has 0 aliphatic carbocycles. The van der Waals surface area contributed by atoms with Crippen LogP contribution in [0.2, 0.25) is 0 Å². The van der Waals surface area contributed by atoms with Crippen molar-refractivity contribution < 1.29 is 0 Å². The molecule has 0 aromatic heterocycles. The van der Waals surface area contributed by atoms with Crippen molar-refractivity contribution in [1.29, 1.82) is 0 Å². The Balaban J connectivity index is 2.14. The van der Waals surface area contributed by atoms with Crippen LogP contribution in [0.3, 0.4) is 0 Å². The van der Waals surface area contributed by atoms with Crippen LogP contribution in [-0.4, -0.2) is 34.0 Å². The number of hydrogen-bond acceptors (Lipinski definition) is 4. The van der Waals surface area contributed by atoms with Crippen molar-refractivity contribution >= 4 is 18.3 Å². The van der Waals surface area contributed by atoms with E-state index in [1.807, 2.05) is 0 Å². The number of rotatable bonds is 9. The van der Waals surface area contributed by atoms with E-state index in [0.29, 0.717) is 12.5 Å². The summed E-state index contributed by atoms with van der Waals surface area (Å²) in [6, 6.07) is 19.1. The van der Waals surface area contributed by atoms with Gasteiger partial charge in [-0.2, -0.15) is 12.6 Å². The summed E-state index contributed by atoms with van der Waals surface area (Å²) in [5.74, 6) is 2.16. The minimum Gasteiger partial charge on any atom is -0.334 e.